The fourth-order valence-corrected chi connectivity index (χ4v) is 2.16. The predicted octanol–water partition coefficient (Wildman–Crippen LogP) is 0.410. The molecule has 0 amide bonds. The quantitative estimate of drug-likeness (QED) is 0.691. The van der Waals surface area contributed by atoms with Gasteiger partial charge in [-0.15, -0.1) is 0 Å². The van der Waals surface area contributed by atoms with Crippen LogP contribution in [0.3, 0.4) is 0 Å². The molecule has 4 heteroatoms. The fourth-order valence-electron chi connectivity index (χ4n) is 2.16. The van der Waals surface area contributed by atoms with Gasteiger partial charge in [0.1, 0.15) is 6.04 Å². The van der Waals surface area contributed by atoms with Crippen LogP contribution in [-0.2, 0) is 4.79 Å². The molecule has 0 aliphatic carbocycles. The lowest BCUT2D eigenvalue weighted by Crippen LogP contribution is -2.39. The van der Waals surface area contributed by atoms with Gasteiger partial charge in [0, 0.05) is 19.7 Å². The third-order valence-electron chi connectivity index (χ3n) is 3.14. The maximum Gasteiger partial charge on any atom is 0.320 e. The molecular formula is C10H19NO3. The third-order valence-corrected chi connectivity index (χ3v) is 3.14. The van der Waals surface area contributed by atoms with Gasteiger partial charge in [0.05, 0.1) is 0 Å². The number of aliphatic hydroxyl groups excluding tert-OH is 1. The number of hydrogen-bond donors (Lipinski definition) is 2. The summed E-state index contributed by atoms with van der Waals surface area (Å²) in [6.45, 7) is 5.61. The summed E-state index contributed by atoms with van der Waals surface area (Å²) in [6, 6.07) is -0.381. The first kappa shape index (κ1) is 11.5. The summed E-state index contributed by atoms with van der Waals surface area (Å²) in [5.41, 5.74) is 0. The van der Waals surface area contributed by atoms with Crippen molar-refractivity contribution in [3.05, 3.63) is 0 Å². The Bertz CT molecular complexity index is 208. The van der Waals surface area contributed by atoms with Gasteiger partial charge in [-0.3, -0.25) is 9.69 Å². The van der Waals surface area contributed by atoms with E-state index in [-0.39, 0.29) is 18.6 Å². The van der Waals surface area contributed by atoms with Crippen molar-refractivity contribution in [1.29, 1.82) is 0 Å². The number of aliphatic carboxylic acids is 1. The first-order valence-electron chi connectivity index (χ1n) is 5.17. The maximum absolute atomic E-state index is 10.9. The number of aliphatic hydroxyl groups is 1. The number of carbonyl (C=O) groups is 1. The van der Waals surface area contributed by atoms with Crippen LogP contribution in [0.15, 0.2) is 0 Å². The summed E-state index contributed by atoms with van der Waals surface area (Å²) in [5.74, 6) is -0.116. The molecule has 1 heterocycles. The summed E-state index contributed by atoms with van der Waals surface area (Å²) in [5, 5.41) is 18.0. The molecule has 1 aliphatic rings. The van der Waals surface area contributed by atoms with Gasteiger partial charge in [-0.25, -0.2) is 0 Å². The van der Waals surface area contributed by atoms with E-state index in [1.165, 1.54) is 0 Å². The van der Waals surface area contributed by atoms with Crippen molar-refractivity contribution >= 4 is 5.97 Å². The van der Waals surface area contributed by atoms with Crippen LogP contribution in [0.4, 0.5) is 0 Å². The van der Waals surface area contributed by atoms with Crippen molar-refractivity contribution in [3.63, 3.8) is 0 Å². The summed E-state index contributed by atoms with van der Waals surface area (Å²) < 4.78 is 0. The van der Waals surface area contributed by atoms with Crippen LogP contribution < -0.4 is 0 Å². The normalized spacial score (nSPS) is 30.5. The lowest BCUT2D eigenvalue weighted by atomic mass is 10.00. The Hall–Kier alpha value is -0.610. The van der Waals surface area contributed by atoms with Crippen molar-refractivity contribution < 1.29 is 15.0 Å². The highest BCUT2D eigenvalue weighted by Gasteiger charge is 2.35. The standard InChI is InChI=1S/C10H19NO3/c1-3-9(10(13)14)11-4-7(2)8(5-11)6-12/h7-9,12H,3-6H2,1-2H3,(H,13,14). The molecule has 0 spiro atoms. The molecule has 0 aromatic heterocycles. The number of carboxylic acids is 1. The van der Waals surface area contributed by atoms with E-state index in [1.54, 1.807) is 0 Å². The molecule has 1 saturated heterocycles. The van der Waals surface area contributed by atoms with Gasteiger partial charge in [-0.2, -0.15) is 0 Å². The van der Waals surface area contributed by atoms with Crippen LogP contribution in [0, 0.1) is 11.8 Å². The zero-order valence-corrected chi connectivity index (χ0v) is 8.81. The molecule has 0 bridgehead atoms. The number of likely N-dealkylation sites (tertiary alicyclic amines) is 1. The minimum atomic E-state index is -0.752. The molecule has 0 aromatic carbocycles. The van der Waals surface area contributed by atoms with E-state index in [4.69, 9.17) is 10.2 Å². The molecule has 0 aromatic rings. The first-order valence-corrected chi connectivity index (χ1v) is 5.17. The van der Waals surface area contributed by atoms with Gasteiger partial charge in [0.2, 0.25) is 0 Å². The molecule has 82 valence electrons. The van der Waals surface area contributed by atoms with Crippen molar-refractivity contribution in [3.8, 4) is 0 Å². The molecule has 0 saturated carbocycles. The second-order valence-electron chi connectivity index (χ2n) is 4.14. The van der Waals surface area contributed by atoms with E-state index >= 15 is 0 Å². The summed E-state index contributed by atoms with van der Waals surface area (Å²) in [6.07, 6.45) is 0.625. The minimum absolute atomic E-state index is 0.160. The Morgan fingerprint density at radius 3 is 2.57 bits per heavy atom. The summed E-state index contributed by atoms with van der Waals surface area (Å²) >= 11 is 0. The zero-order chi connectivity index (χ0) is 10.7. The smallest absolute Gasteiger partial charge is 0.320 e. The molecule has 1 rings (SSSR count). The van der Waals surface area contributed by atoms with Crippen molar-refractivity contribution in [2.24, 2.45) is 11.8 Å². The van der Waals surface area contributed by atoms with Crippen LogP contribution >= 0.6 is 0 Å². The third kappa shape index (κ3) is 2.25. The Labute approximate surface area is 84.5 Å². The lowest BCUT2D eigenvalue weighted by Gasteiger charge is -2.22. The topological polar surface area (TPSA) is 60.8 Å². The second-order valence-corrected chi connectivity index (χ2v) is 4.14. The highest BCUT2D eigenvalue weighted by Crippen LogP contribution is 2.25. The first-order chi connectivity index (χ1) is 6.60. The molecule has 14 heavy (non-hydrogen) atoms. The molecular weight excluding hydrogens is 182 g/mol. The van der Waals surface area contributed by atoms with Crippen LogP contribution in [-0.4, -0.2) is 46.8 Å². The van der Waals surface area contributed by atoms with Crippen LogP contribution in [0.25, 0.3) is 0 Å². The van der Waals surface area contributed by atoms with Crippen molar-refractivity contribution in [2.75, 3.05) is 19.7 Å². The van der Waals surface area contributed by atoms with E-state index in [0.717, 1.165) is 6.54 Å². The number of rotatable bonds is 4. The van der Waals surface area contributed by atoms with Gasteiger partial charge < -0.3 is 10.2 Å². The number of hydrogen-bond acceptors (Lipinski definition) is 3. The highest BCUT2D eigenvalue weighted by molar-refractivity contribution is 5.73. The monoisotopic (exact) mass is 201 g/mol. The molecule has 1 fully saturated rings. The highest BCUT2D eigenvalue weighted by atomic mass is 16.4. The molecule has 3 unspecified atom stereocenters. The largest absolute Gasteiger partial charge is 0.480 e. The zero-order valence-electron chi connectivity index (χ0n) is 8.81. The Morgan fingerprint density at radius 2 is 2.21 bits per heavy atom. The van der Waals surface area contributed by atoms with E-state index in [1.807, 2.05) is 11.8 Å². The lowest BCUT2D eigenvalue weighted by molar-refractivity contribution is -0.143. The number of carboxylic acid groups (broad SMARTS) is 1. The minimum Gasteiger partial charge on any atom is -0.480 e. The predicted molar refractivity (Wildman–Crippen MR) is 53.0 cm³/mol. The average molecular weight is 201 g/mol. The molecule has 0 radical (unpaired) electrons. The van der Waals surface area contributed by atoms with Crippen LogP contribution in [0.2, 0.25) is 0 Å². The van der Waals surface area contributed by atoms with Crippen LogP contribution in [0.1, 0.15) is 20.3 Å². The summed E-state index contributed by atoms with van der Waals surface area (Å²) in [4.78, 5) is 12.9. The maximum atomic E-state index is 10.9. The van der Waals surface area contributed by atoms with Crippen LogP contribution in [0.5, 0.6) is 0 Å². The SMILES string of the molecule is CCC(C(=O)O)N1CC(C)C(CO)C1. The fraction of sp³-hybridized carbons (Fsp3) is 0.900. The Morgan fingerprint density at radius 1 is 1.57 bits per heavy atom. The average Bonchev–Trinajstić information content (AvgIpc) is 2.47. The van der Waals surface area contributed by atoms with E-state index < -0.39 is 5.97 Å². The Balaban J connectivity index is 2.58. The van der Waals surface area contributed by atoms with Gasteiger partial charge in [0.25, 0.3) is 0 Å². The summed E-state index contributed by atoms with van der Waals surface area (Å²) in [7, 11) is 0. The molecule has 4 nitrogen and oxygen atoms in total. The van der Waals surface area contributed by atoms with E-state index in [2.05, 4.69) is 6.92 Å². The van der Waals surface area contributed by atoms with Gasteiger partial charge in [-0.05, 0) is 18.3 Å². The van der Waals surface area contributed by atoms with Crippen molar-refractivity contribution in [2.45, 2.75) is 26.3 Å². The Kier molecular flexibility index (Phi) is 3.89. The van der Waals surface area contributed by atoms with Gasteiger partial charge >= 0.3 is 5.97 Å². The molecule has 3 atom stereocenters. The van der Waals surface area contributed by atoms with E-state index in [9.17, 15) is 4.79 Å². The van der Waals surface area contributed by atoms with Gasteiger partial charge in [0.15, 0.2) is 0 Å². The van der Waals surface area contributed by atoms with E-state index in [0.29, 0.717) is 18.9 Å². The van der Waals surface area contributed by atoms with Gasteiger partial charge in [-0.1, -0.05) is 13.8 Å². The second kappa shape index (κ2) is 4.75. The molecule has 1 aliphatic heterocycles. The molecule has 2 N–H and O–H groups in total. The number of nitrogens with zero attached hydrogens (tertiary/aromatic N) is 1. The van der Waals surface area contributed by atoms with Crippen molar-refractivity contribution in [1.82, 2.24) is 4.90 Å².